The van der Waals surface area contributed by atoms with E-state index in [9.17, 15) is 0 Å². The topological polar surface area (TPSA) is 15.3 Å². The van der Waals surface area contributed by atoms with Crippen molar-refractivity contribution in [3.05, 3.63) is 0 Å². The summed E-state index contributed by atoms with van der Waals surface area (Å²) in [6.45, 7) is 19.7. The fourth-order valence-corrected chi connectivity index (χ4v) is 2.03. The van der Waals surface area contributed by atoms with Crippen molar-refractivity contribution in [3.8, 4) is 0 Å². The summed E-state index contributed by atoms with van der Waals surface area (Å²) in [7, 11) is 0. The van der Waals surface area contributed by atoms with E-state index in [2.05, 4.69) is 51.8 Å². The van der Waals surface area contributed by atoms with Crippen LogP contribution >= 0.6 is 0 Å². The fraction of sp³-hybridized carbons (Fsp3) is 1.00. The van der Waals surface area contributed by atoms with Gasteiger partial charge in [-0.05, 0) is 37.4 Å². The first-order chi connectivity index (χ1) is 7.99. The second-order valence-corrected chi connectivity index (χ2v) is 6.02. The predicted molar refractivity (Wildman–Crippen MR) is 78.4 cm³/mol. The molecule has 0 aliphatic heterocycles. The van der Waals surface area contributed by atoms with Crippen LogP contribution in [0.5, 0.6) is 0 Å². The van der Waals surface area contributed by atoms with Crippen LogP contribution < -0.4 is 5.32 Å². The minimum atomic E-state index is 0.748. The lowest BCUT2D eigenvalue weighted by molar-refractivity contribution is 0.213. The van der Waals surface area contributed by atoms with E-state index in [1.165, 1.54) is 26.1 Å². The number of nitrogens with one attached hydrogen (secondary N) is 1. The zero-order valence-corrected chi connectivity index (χ0v) is 12.9. The van der Waals surface area contributed by atoms with Crippen LogP contribution in [0.15, 0.2) is 0 Å². The van der Waals surface area contributed by atoms with Gasteiger partial charge in [-0.3, -0.25) is 0 Å². The normalized spacial score (nSPS) is 15.5. The number of hydrogen-bond acceptors (Lipinski definition) is 2. The molecule has 2 heteroatoms. The summed E-state index contributed by atoms with van der Waals surface area (Å²) in [6, 6.07) is 0. The molecule has 0 amide bonds. The van der Waals surface area contributed by atoms with Crippen LogP contribution in [-0.2, 0) is 0 Å². The quantitative estimate of drug-likeness (QED) is 0.633. The summed E-state index contributed by atoms with van der Waals surface area (Å²) in [5.41, 5.74) is 0. The summed E-state index contributed by atoms with van der Waals surface area (Å²) in [5, 5.41) is 3.55. The van der Waals surface area contributed by atoms with Gasteiger partial charge in [0.2, 0.25) is 0 Å². The maximum atomic E-state index is 3.55. The molecule has 0 heterocycles. The summed E-state index contributed by atoms with van der Waals surface area (Å²) in [6.07, 6.45) is 1.29. The summed E-state index contributed by atoms with van der Waals surface area (Å²) in [4.78, 5) is 2.59. The second-order valence-electron chi connectivity index (χ2n) is 6.02. The van der Waals surface area contributed by atoms with Crippen LogP contribution in [0.25, 0.3) is 0 Å². The third kappa shape index (κ3) is 9.61. The van der Waals surface area contributed by atoms with Crippen molar-refractivity contribution < 1.29 is 0 Å². The molecule has 104 valence electrons. The van der Waals surface area contributed by atoms with Gasteiger partial charge in [0.05, 0.1) is 0 Å². The molecule has 0 aromatic carbocycles. The minimum Gasteiger partial charge on any atom is -0.316 e. The molecule has 0 aromatic heterocycles. The SMILES string of the molecule is CCC(C)CN(CC)CC(C)CNCC(C)C. The third-order valence-electron chi connectivity index (χ3n) is 3.33. The number of hydrogen-bond donors (Lipinski definition) is 1. The molecular weight excluding hydrogens is 208 g/mol. The van der Waals surface area contributed by atoms with Gasteiger partial charge in [-0.1, -0.05) is 48.0 Å². The van der Waals surface area contributed by atoms with Crippen molar-refractivity contribution in [2.24, 2.45) is 17.8 Å². The Morgan fingerprint density at radius 2 is 1.47 bits per heavy atom. The molecule has 0 aliphatic carbocycles. The highest BCUT2D eigenvalue weighted by Gasteiger charge is 2.11. The molecule has 2 nitrogen and oxygen atoms in total. The lowest BCUT2D eigenvalue weighted by Gasteiger charge is -2.27. The molecule has 2 atom stereocenters. The van der Waals surface area contributed by atoms with Crippen LogP contribution in [0, 0.1) is 17.8 Å². The Morgan fingerprint density at radius 1 is 0.882 bits per heavy atom. The van der Waals surface area contributed by atoms with E-state index in [0.717, 1.165) is 30.8 Å². The first kappa shape index (κ1) is 16.9. The molecular formula is C15H34N2. The van der Waals surface area contributed by atoms with Gasteiger partial charge in [0.25, 0.3) is 0 Å². The Labute approximate surface area is 109 Å². The van der Waals surface area contributed by atoms with E-state index in [-0.39, 0.29) is 0 Å². The molecule has 0 fully saturated rings. The molecule has 1 N–H and O–H groups in total. The van der Waals surface area contributed by atoms with E-state index in [1.807, 2.05) is 0 Å². The monoisotopic (exact) mass is 242 g/mol. The molecule has 0 rings (SSSR count). The lowest BCUT2D eigenvalue weighted by Crippen LogP contribution is -2.36. The minimum absolute atomic E-state index is 0.748. The van der Waals surface area contributed by atoms with Crippen molar-refractivity contribution in [1.29, 1.82) is 0 Å². The summed E-state index contributed by atoms with van der Waals surface area (Å²) < 4.78 is 0. The highest BCUT2D eigenvalue weighted by Crippen LogP contribution is 2.06. The van der Waals surface area contributed by atoms with Crippen molar-refractivity contribution in [2.45, 2.75) is 48.0 Å². The molecule has 0 saturated heterocycles. The number of nitrogens with zero attached hydrogens (tertiary/aromatic N) is 1. The molecule has 2 unspecified atom stereocenters. The Bertz CT molecular complexity index is 168. The standard InChI is InChI=1S/C15H34N2/c1-7-14(5)11-17(8-2)12-15(6)10-16-9-13(3)4/h13-16H,7-12H2,1-6H3. The second kappa shape index (κ2) is 9.90. The maximum Gasteiger partial charge on any atom is 0.00191 e. The smallest absolute Gasteiger partial charge is 0.00191 e. The predicted octanol–water partition coefficient (Wildman–Crippen LogP) is 3.24. The largest absolute Gasteiger partial charge is 0.316 e. The van der Waals surface area contributed by atoms with Crippen molar-refractivity contribution in [1.82, 2.24) is 10.2 Å². The van der Waals surface area contributed by atoms with Crippen LogP contribution in [0.4, 0.5) is 0 Å². The van der Waals surface area contributed by atoms with E-state index in [4.69, 9.17) is 0 Å². The van der Waals surface area contributed by atoms with Crippen LogP contribution in [0.1, 0.15) is 48.0 Å². The van der Waals surface area contributed by atoms with Crippen molar-refractivity contribution >= 4 is 0 Å². The van der Waals surface area contributed by atoms with Gasteiger partial charge in [0, 0.05) is 13.1 Å². The Balaban J connectivity index is 3.77. The molecule has 0 aliphatic rings. The molecule has 0 saturated carbocycles. The lowest BCUT2D eigenvalue weighted by atomic mass is 10.1. The van der Waals surface area contributed by atoms with Crippen LogP contribution in [0.3, 0.4) is 0 Å². The molecule has 0 spiro atoms. The summed E-state index contributed by atoms with van der Waals surface area (Å²) >= 11 is 0. The van der Waals surface area contributed by atoms with Crippen LogP contribution in [0.2, 0.25) is 0 Å². The van der Waals surface area contributed by atoms with E-state index >= 15 is 0 Å². The Kier molecular flexibility index (Phi) is 9.85. The van der Waals surface area contributed by atoms with Crippen LogP contribution in [-0.4, -0.2) is 37.6 Å². The fourth-order valence-electron chi connectivity index (χ4n) is 2.03. The van der Waals surface area contributed by atoms with Gasteiger partial charge in [0.1, 0.15) is 0 Å². The molecule has 0 aromatic rings. The zero-order valence-electron chi connectivity index (χ0n) is 12.9. The highest BCUT2D eigenvalue weighted by molar-refractivity contribution is 4.66. The first-order valence-corrected chi connectivity index (χ1v) is 7.42. The van der Waals surface area contributed by atoms with Gasteiger partial charge in [0.15, 0.2) is 0 Å². The zero-order chi connectivity index (χ0) is 13.3. The van der Waals surface area contributed by atoms with E-state index in [0.29, 0.717) is 0 Å². The Morgan fingerprint density at radius 3 is 1.94 bits per heavy atom. The average Bonchev–Trinajstić information content (AvgIpc) is 2.27. The van der Waals surface area contributed by atoms with Gasteiger partial charge in [-0.2, -0.15) is 0 Å². The van der Waals surface area contributed by atoms with E-state index < -0.39 is 0 Å². The van der Waals surface area contributed by atoms with Crippen molar-refractivity contribution in [3.63, 3.8) is 0 Å². The Hall–Kier alpha value is -0.0800. The van der Waals surface area contributed by atoms with Gasteiger partial charge < -0.3 is 10.2 Å². The highest BCUT2D eigenvalue weighted by atomic mass is 15.1. The summed E-state index contributed by atoms with van der Waals surface area (Å²) in [5.74, 6) is 2.33. The van der Waals surface area contributed by atoms with Crippen molar-refractivity contribution in [2.75, 3.05) is 32.7 Å². The molecule has 17 heavy (non-hydrogen) atoms. The number of rotatable bonds is 10. The van der Waals surface area contributed by atoms with Gasteiger partial charge >= 0.3 is 0 Å². The van der Waals surface area contributed by atoms with E-state index in [1.54, 1.807) is 0 Å². The van der Waals surface area contributed by atoms with Gasteiger partial charge in [-0.15, -0.1) is 0 Å². The third-order valence-corrected chi connectivity index (χ3v) is 3.33. The maximum absolute atomic E-state index is 3.55. The molecule has 0 radical (unpaired) electrons. The molecule has 0 bridgehead atoms. The first-order valence-electron chi connectivity index (χ1n) is 7.42. The average molecular weight is 242 g/mol. The van der Waals surface area contributed by atoms with Gasteiger partial charge in [-0.25, -0.2) is 0 Å².